The van der Waals surface area contributed by atoms with E-state index in [1.54, 1.807) is 12.1 Å². The number of nitrogens with zero attached hydrogens (tertiary/aromatic N) is 3. The Kier molecular flexibility index (Phi) is 6.32. The van der Waals surface area contributed by atoms with Crippen LogP contribution in [0.1, 0.15) is 42.9 Å². The molecule has 0 bridgehead atoms. The van der Waals surface area contributed by atoms with Crippen molar-refractivity contribution in [1.82, 2.24) is 9.91 Å². The molecule has 4 rings (SSSR count). The molecule has 0 radical (unpaired) electrons. The molecule has 2 heterocycles. The molecule has 0 spiro atoms. The van der Waals surface area contributed by atoms with Gasteiger partial charge >= 0.3 is 0 Å². The maximum Gasteiger partial charge on any atom is 0.257 e. The van der Waals surface area contributed by atoms with Gasteiger partial charge in [0, 0.05) is 6.42 Å². The van der Waals surface area contributed by atoms with Crippen molar-refractivity contribution in [2.75, 3.05) is 20.2 Å². The molecular weight excluding hydrogens is 392 g/mol. The van der Waals surface area contributed by atoms with Crippen LogP contribution in [0.5, 0.6) is 5.75 Å². The molecule has 1 saturated heterocycles. The summed E-state index contributed by atoms with van der Waals surface area (Å²) in [6.45, 7) is 0.821. The highest BCUT2D eigenvalue weighted by Gasteiger charge is 2.36. The Bertz CT molecular complexity index is 959. The van der Waals surface area contributed by atoms with Gasteiger partial charge in [-0.15, -0.1) is 0 Å². The van der Waals surface area contributed by atoms with Crippen LogP contribution in [0.25, 0.3) is 0 Å². The Hall–Kier alpha value is -3.19. The second-order valence-electron chi connectivity index (χ2n) is 8.03. The van der Waals surface area contributed by atoms with E-state index in [0.29, 0.717) is 19.4 Å². The van der Waals surface area contributed by atoms with Crippen LogP contribution in [-0.4, -0.2) is 53.7 Å². The fourth-order valence-corrected chi connectivity index (χ4v) is 4.38. The summed E-state index contributed by atoms with van der Waals surface area (Å²) < 4.78 is 5.27. The van der Waals surface area contributed by atoms with Gasteiger partial charge in [0.15, 0.2) is 0 Å². The lowest BCUT2D eigenvalue weighted by molar-refractivity contribution is -0.136. The van der Waals surface area contributed by atoms with Crippen LogP contribution < -0.4 is 10.5 Å². The highest BCUT2D eigenvalue weighted by Crippen LogP contribution is 2.34. The summed E-state index contributed by atoms with van der Waals surface area (Å²) >= 11 is 0. The van der Waals surface area contributed by atoms with Crippen molar-refractivity contribution in [3.8, 4) is 5.75 Å². The van der Waals surface area contributed by atoms with Crippen molar-refractivity contribution in [3.63, 3.8) is 0 Å². The second kappa shape index (κ2) is 9.31. The van der Waals surface area contributed by atoms with Gasteiger partial charge in [-0.05, 0) is 42.6 Å². The number of amides is 2. The molecule has 2 aromatic carbocycles. The zero-order valence-electron chi connectivity index (χ0n) is 17.7. The molecule has 0 unspecified atom stereocenters. The van der Waals surface area contributed by atoms with E-state index in [4.69, 9.17) is 15.6 Å². The maximum atomic E-state index is 13.4. The van der Waals surface area contributed by atoms with Crippen molar-refractivity contribution in [1.29, 1.82) is 0 Å². The predicted octanol–water partition coefficient (Wildman–Crippen LogP) is 2.71. The molecule has 7 nitrogen and oxygen atoms in total. The number of methoxy groups -OCH3 is 1. The van der Waals surface area contributed by atoms with E-state index < -0.39 is 6.04 Å². The normalized spacial score (nSPS) is 21.6. The van der Waals surface area contributed by atoms with Gasteiger partial charge in [-0.3, -0.25) is 14.5 Å². The molecular formula is C24H28N4O3. The third kappa shape index (κ3) is 4.61. The number of hydrogen-bond acceptors (Lipinski definition) is 5. The topological polar surface area (TPSA) is 88.2 Å². The average molecular weight is 421 g/mol. The first kappa shape index (κ1) is 21.1. The summed E-state index contributed by atoms with van der Waals surface area (Å²) in [5, 5.41) is 6.30. The first-order valence-electron chi connectivity index (χ1n) is 10.7. The van der Waals surface area contributed by atoms with Crippen LogP contribution in [0.15, 0.2) is 59.7 Å². The van der Waals surface area contributed by atoms with Gasteiger partial charge in [0.05, 0.1) is 31.4 Å². The van der Waals surface area contributed by atoms with Gasteiger partial charge in [-0.1, -0.05) is 48.9 Å². The summed E-state index contributed by atoms with van der Waals surface area (Å²) in [4.78, 5) is 27.1. The van der Waals surface area contributed by atoms with E-state index in [-0.39, 0.29) is 24.4 Å². The number of nitrogens with two attached hydrogens (primary N) is 1. The van der Waals surface area contributed by atoms with Crippen molar-refractivity contribution >= 4 is 17.5 Å². The van der Waals surface area contributed by atoms with Gasteiger partial charge < -0.3 is 10.5 Å². The van der Waals surface area contributed by atoms with Crippen LogP contribution >= 0.6 is 0 Å². The van der Waals surface area contributed by atoms with Crippen LogP contribution in [0, 0.1) is 0 Å². The van der Waals surface area contributed by atoms with Crippen molar-refractivity contribution in [2.45, 2.75) is 37.8 Å². The molecule has 162 valence electrons. The summed E-state index contributed by atoms with van der Waals surface area (Å²) in [7, 11) is 1.63. The summed E-state index contributed by atoms with van der Waals surface area (Å²) in [6.07, 6.45) is 3.23. The number of piperidine rings is 1. The Balaban J connectivity index is 1.60. The smallest absolute Gasteiger partial charge is 0.257 e. The number of carbonyl (C=O) groups excluding carboxylic acids is 2. The average Bonchev–Trinajstić information content (AvgIpc) is 3.26. The highest BCUT2D eigenvalue weighted by atomic mass is 16.5. The van der Waals surface area contributed by atoms with E-state index in [1.807, 2.05) is 59.5 Å². The van der Waals surface area contributed by atoms with Crippen LogP contribution in [0.4, 0.5) is 0 Å². The molecule has 2 aromatic rings. The number of hydrazone groups is 1. The maximum absolute atomic E-state index is 13.4. The standard InChI is InChI=1S/C24H28N4O3/c1-31-19-12-10-18(11-13-19)22-15-20(17-7-3-2-4-8-17)26-28(22)23(29)16-27-14-6-5-9-21(27)24(25)30/h2-4,7-8,10-13,21-22H,5-6,9,14-16H2,1H3,(H2,25,30)/t21-,22-/m0/s1. The number of hydrogen-bond donors (Lipinski definition) is 1. The van der Waals surface area contributed by atoms with Gasteiger partial charge in [0.2, 0.25) is 5.91 Å². The number of likely N-dealkylation sites (tertiary alicyclic amines) is 1. The van der Waals surface area contributed by atoms with E-state index in [0.717, 1.165) is 35.4 Å². The molecule has 2 N–H and O–H groups in total. The fraction of sp³-hybridized carbons (Fsp3) is 0.375. The van der Waals surface area contributed by atoms with Gasteiger partial charge in [0.1, 0.15) is 5.75 Å². The zero-order chi connectivity index (χ0) is 21.8. The first-order chi connectivity index (χ1) is 15.1. The zero-order valence-corrected chi connectivity index (χ0v) is 17.7. The highest BCUT2D eigenvalue weighted by molar-refractivity contribution is 6.03. The monoisotopic (exact) mass is 420 g/mol. The third-order valence-corrected chi connectivity index (χ3v) is 6.05. The molecule has 2 aliphatic heterocycles. The molecule has 31 heavy (non-hydrogen) atoms. The van der Waals surface area contributed by atoms with Crippen LogP contribution in [0.3, 0.4) is 0 Å². The molecule has 2 amide bonds. The summed E-state index contributed by atoms with van der Waals surface area (Å²) in [5.74, 6) is 0.274. The second-order valence-corrected chi connectivity index (χ2v) is 8.03. The van der Waals surface area contributed by atoms with E-state index >= 15 is 0 Å². The Morgan fingerprint density at radius 3 is 2.52 bits per heavy atom. The minimum absolute atomic E-state index is 0.125. The largest absolute Gasteiger partial charge is 0.497 e. The van der Waals surface area contributed by atoms with Crippen molar-refractivity contribution in [3.05, 3.63) is 65.7 Å². The lowest BCUT2D eigenvalue weighted by atomic mass is 9.98. The van der Waals surface area contributed by atoms with E-state index in [1.165, 1.54) is 0 Å². The number of benzene rings is 2. The molecule has 1 fully saturated rings. The number of ether oxygens (including phenoxy) is 1. The van der Waals surface area contributed by atoms with Crippen molar-refractivity contribution in [2.24, 2.45) is 10.8 Å². The molecule has 2 aliphatic rings. The van der Waals surface area contributed by atoms with Gasteiger partial charge in [-0.25, -0.2) is 5.01 Å². The quantitative estimate of drug-likeness (QED) is 0.778. The molecule has 0 aliphatic carbocycles. The van der Waals surface area contributed by atoms with Gasteiger partial charge in [0.25, 0.3) is 5.91 Å². The van der Waals surface area contributed by atoms with Crippen LogP contribution in [0.2, 0.25) is 0 Å². The van der Waals surface area contributed by atoms with E-state index in [9.17, 15) is 9.59 Å². The molecule has 2 atom stereocenters. The lowest BCUT2D eigenvalue weighted by Gasteiger charge is -2.34. The van der Waals surface area contributed by atoms with Gasteiger partial charge in [-0.2, -0.15) is 5.10 Å². The fourth-order valence-electron chi connectivity index (χ4n) is 4.38. The molecule has 0 aromatic heterocycles. The van der Waals surface area contributed by atoms with Crippen LogP contribution in [-0.2, 0) is 9.59 Å². The summed E-state index contributed by atoms with van der Waals surface area (Å²) in [5.41, 5.74) is 8.46. The SMILES string of the molecule is COc1ccc([C@@H]2CC(c3ccccc3)=NN2C(=O)CN2CCCC[C@H]2C(N)=O)cc1. The Morgan fingerprint density at radius 2 is 1.84 bits per heavy atom. The number of rotatable bonds is 6. The Labute approximate surface area is 182 Å². The minimum Gasteiger partial charge on any atom is -0.497 e. The minimum atomic E-state index is -0.391. The Morgan fingerprint density at radius 1 is 1.10 bits per heavy atom. The lowest BCUT2D eigenvalue weighted by Crippen LogP contribution is -2.51. The van der Waals surface area contributed by atoms with Crippen molar-refractivity contribution < 1.29 is 14.3 Å². The number of primary amides is 1. The first-order valence-corrected chi connectivity index (χ1v) is 10.7. The number of carbonyl (C=O) groups is 2. The van der Waals surface area contributed by atoms with E-state index in [2.05, 4.69) is 0 Å². The molecule has 0 saturated carbocycles. The molecule has 7 heteroatoms. The summed E-state index contributed by atoms with van der Waals surface area (Å²) in [6, 6.07) is 17.0. The predicted molar refractivity (Wildman–Crippen MR) is 119 cm³/mol. The third-order valence-electron chi connectivity index (χ3n) is 6.05.